The molecule has 142 valence electrons. The van der Waals surface area contributed by atoms with Gasteiger partial charge >= 0.3 is 0 Å². The molecule has 9 heteroatoms. The number of H-pyrrole nitrogens is 1. The zero-order valence-electron chi connectivity index (χ0n) is 15.6. The zero-order valence-corrected chi connectivity index (χ0v) is 15.6. The molecule has 0 bridgehead atoms. The molecule has 1 amide bonds. The lowest BCUT2D eigenvalue weighted by molar-refractivity contribution is 0.102. The minimum absolute atomic E-state index is 0.199. The number of aromatic amines is 1. The molecular formula is C19H18N6O3. The van der Waals surface area contributed by atoms with Crippen molar-refractivity contribution in [1.82, 2.24) is 25.3 Å². The van der Waals surface area contributed by atoms with Crippen LogP contribution in [0.1, 0.15) is 33.1 Å². The molecule has 0 aliphatic heterocycles. The largest absolute Gasteiger partial charge is 0.497 e. The van der Waals surface area contributed by atoms with Gasteiger partial charge in [0.1, 0.15) is 11.6 Å². The number of aryl methyl sites for hydroxylation is 2. The van der Waals surface area contributed by atoms with E-state index in [1.807, 2.05) is 24.3 Å². The van der Waals surface area contributed by atoms with Crippen LogP contribution in [0.5, 0.6) is 5.75 Å². The van der Waals surface area contributed by atoms with E-state index in [-0.39, 0.29) is 11.9 Å². The molecule has 0 saturated carbocycles. The van der Waals surface area contributed by atoms with Crippen LogP contribution in [-0.4, -0.2) is 38.3 Å². The first-order chi connectivity index (χ1) is 13.5. The molecule has 0 saturated heterocycles. The highest BCUT2D eigenvalue weighted by Gasteiger charge is 2.19. The Morgan fingerprint density at radius 1 is 1.21 bits per heavy atom. The fourth-order valence-corrected chi connectivity index (χ4v) is 2.93. The number of carbonyl (C=O) groups is 1. The van der Waals surface area contributed by atoms with Crippen LogP contribution in [-0.2, 0) is 6.42 Å². The molecule has 0 spiro atoms. The van der Waals surface area contributed by atoms with Gasteiger partial charge in [0.15, 0.2) is 0 Å². The molecule has 2 N–H and O–H groups in total. The summed E-state index contributed by atoms with van der Waals surface area (Å²) in [6.45, 7) is 3.55. The number of hydrogen-bond acceptors (Lipinski definition) is 7. The monoisotopic (exact) mass is 378 g/mol. The summed E-state index contributed by atoms with van der Waals surface area (Å²) in [5, 5.41) is 14.1. The Labute approximate surface area is 160 Å². The number of anilines is 1. The number of fused-ring (bicyclic) bond motifs is 1. The van der Waals surface area contributed by atoms with Crippen molar-refractivity contribution in [2.75, 3.05) is 12.4 Å². The van der Waals surface area contributed by atoms with Gasteiger partial charge in [0.25, 0.3) is 11.6 Å². The van der Waals surface area contributed by atoms with E-state index in [1.54, 1.807) is 27.0 Å². The van der Waals surface area contributed by atoms with E-state index < -0.39 is 0 Å². The highest BCUT2D eigenvalue weighted by molar-refractivity contribution is 6.11. The summed E-state index contributed by atoms with van der Waals surface area (Å²) in [5.74, 6) is 1.27. The third kappa shape index (κ3) is 3.41. The molecule has 0 fully saturated rings. The summed E-state index contributed by atoms with van der Waals surface area (Å²) < 4.78 is 10.3. The smallest absolute Gasteiger partial charge is 0.259 e. The zero-order chi connectivity index (χ0) is 19.7. The Kier molecular flexibility index (Phi) is 4.48. The van der Waals surface area contributed by atoms with E-state index in [4.69, 9.17) is 9.26 Å². The molecule has 4 aromatic rings. The number of aromatic nitrogens is 5. The van der Waals surface area contributed by atoms with Gasteiger partial charge in [-0.3, -0.25) is 15.2 Å². The number of amides is 1. The third-order valence-electron chi connectivity index (χ3n) is 4.28. The van der Waals surface area contributed by atoms with E-state index in [0.29, 0.717) is 40.3 Å². The molecule has 0 atom stereocenters. The van der Waals surface area contributed by atoms with Crippen LogP contribution < -0.4 is 10.1 Å². The number of benzene rings is 1. The molecule has 0 aliphatic carbocycles. The first-order valence-electron chi connectivity index (χ1n) is 8.62. The van der Waals surface area contributed by atoms with E-state index in [1.165, 1.54) is 0 Å². The van der Waals surface area contributed by atoms with Crippen LogP contribution in [0.4, 0.5) is 5.95 Å². The van der Waals surface area contributed by atoms with Crippen LogP contribution in [0.25, 0.3) is 11.1 Å². The highest BCUT2D eigenvalue weighted by atomic mass is 16.5. The van der Waals surface area contributed by atoms with Crippen molar-refractivity contribution in [3.05, 3.63) is 58.7 Å². The molecule has 4 rings (SSSR count). The molecule has 28 heavy (non-hydrogen) atoms. The van der Waals surface area contributed by atoms with Gasteiger partial charge in [0.05, 0.1) is 23.8 Å². The Morgan fingerprint density at radius 3 is 2.75 bits per heavy atom. The molecule has 1 aromatic carbocycles. The lowest BCUT2D eigenvalue weighted by Crippen LogP contribution is -2.14. The Hall–Kier alpha value is -3.75. The Morgan fingerprint density at radius 2 is 2.00 bits per heavy atom. The average Bonchev–Trinajstić information content (AvgIpc) is 3.28. The maximum Gasteiger partial charge on any atom is 0.259 e. The van der Waals surface area contributed by atoms with Crippen LogP contribution in [0.3, 0.4) is 0 Å². The molecule has 0 unspecified atom stereocenters. The van der Waals surface area contributed by atoms with Crippen molar-refractivity contribution >= 4 is 23.0 Å². The van der Waals surface area contributed by atoms with Crippen LogP contribution in [0.2, 0.25) is 0 Å². The SMILES string of the molecule is COc1ccc(Cc2nc(NC(=O)c3cc(C)nc4onc(C)c34)n[nH]2)cc1. The quantitative estimate of drug-likeness (QED) is 0.548. The van der Waals surface area contributed by atoms with Gasteiger partial charge in [-0.25, -0.2) is 4.98 Å². The second kappa shape index (κ2) is 7.10. The van der Waals surface area contributed by atoms with Crippen LogP contribution >= 0.6 is 0 Å². The Balaban J connectivity index is 1.52. The second-order valence-electron chi connectivity index (χ2n) is 6.34. The molecular weight excluding hydrogens is 360 g/mol. The molecule has 0 aliphatic rings. The lowest BCUT2D eigenvalue weighted by atomic mass is 10.1. The standard InChI is InChI=1S/C19H18N6O3/c1-10-8-14(16-11(2)25-28-18(16)20-10)17(26)22-19-21-15(23-24-19)9-12-4-6-13(27-3)7-5-12/h4-8H,9H2,1-3H3,(H2,21,22,23,24,26). The fraction of sp³-hybridized carbons (Fsp3) is 0.211. The highest BCUT2D eigenvalue weighted by Crippen LogP contribution is 2.22. The van der Waals surface area contributed by atoms with Crippen LogP contribution in [0.15, 0.2) is 34.9 Å². The van der Waals surface area contributed by atoms with Gasteiger partial charge in [-0.05, 0) is 37.6 Å². The predicted octanol–water partition coefficient (Wildman–Crippen LogP) is 2.81. The summed E-state index contributed by atoms with van der Waals surface area (Å²) >= 11 is 0. The minimum atomic E-state index is -0.350. The average molecular weight is 378 g/mol. The van der Waals surface area contributed by atoms with E-state index in [9.17, 15) is 4.79 Å². The summed E-state index contributed by atoms with van der Waals surface area (Å²) in [5.41, 5.74) is 3.05. The summed E-state index contributed by atoms with van der Waals surface area (Å²) in [6, 6.07) is 9.35. The molecule has 3 heterocycles. The van der Waals surface area contributed by atoms with Gasteiger partial charge in [0.2, 0.25) is 5.95 Å². The van der Waals surface area contributed by atoms with Crippen molar-refractivity contribution in [2.24, 2.45) is 0 Å². The number of rotatable bonds is 5. The first kappa shape index (κ1) is 17.7. The number of ether oxygens (including phenoxy) is 1. The van der Waals surface area contributed by atoms with Crippen molar-refractivity contribution in [2.45, 2.75) is 20.3 Å². The third-order valence-corrected chi connectivity index (χ3v) is 4.28. The van der Waals surface area contributed by atoms with Crippen molar-refractivity contribution in [3.63, 3.8) is 0 Å². The maximum atomic E-state index is 12.8. The number of pyridine rings is 1. The van der Waals surface area contributed by atoms with E-state index in [0.717, 1.165) is 11.3 Å². The molecule has 3 aromatic heterocycles. The maximum absolute atomic E-state index is 12.8. The summed E-state index contributed by atoms with van der Waals surface area (Å²) in [4.78, 5) is 21.3. The predicted molar refractivity (Wildman–Crippen MR) is 101 cm³/mol. The number of nitrogens with one attached hydrogen (secondary N) is 2. The van der Waals surface area contributed by atoms with Gasteiger partial charge in [-0.2, -0.15) is 4.98 Å². The van der Waals surface area contributed by atoms with E-state index in [2.05, 4.69) is 30.6 Å². The number of carbonyl (C=O) groups excluding carboxylic acids is 1. The fourth-order valence-electron chi connectivity index (χ4n) is 2.93. The molecule has 9 nitrogen and oxygen atoms in total. The van der Waals surface area contributed by atoms with Gasteiger partial charge in [0, 0.05) is 12.1 Å². The minimum Gasteiger partial charge on any atom is -0.497 e. The van der Waals surface area contributed by atoms with Crippen molar-refractivity contribution < 1.29 is 14.1 Å². The van der Waals surface area contributed by atoms with Crippen molar-refractivity contribution in [3.8, 4) is 5.75 Å². The topological polar surface area (TPSA) is 119 Å². The van der Waals surface area contributed by atoms with Crippen molar-refractivity contribution in [1.29, 1.82) is 0 Å². The summed E-state index contributed by atoms with van der Waals surface area (Å²) in [6.07, 6.45) is 0.552. The first-order valence-corrected chi connectivity index (χ1v) is 8.62. The van der Waals surface area contributed by atoms with Crippen LogP contribution in [0, 0.1) is 13.8 Å². The normalized spacial score (nSPS) is 11.0. The van der Waals surface area contributed by atoms with Gasteiger partial charge in [-0.1, -0.05) is 17.3 Å². The second-order valence-corrected chi connectivity index (χ2v) is 6.34. The van der Waals surface area contributed by atoms with Gasteiger partial charge < -0.3 is 9.26 Å². The lowest BCUT2D eigenvalue weighted by Gasteiger charge is -2.03. The van der Waals surface area contributed by atoms with Gasteiger partial charge in [-0.15, -0.1) is 5.10 Å². The number of methoxy groups -OCH3 is 1. The number of nitrogens with zero attached hydrogens (tertiary/aromatic N) is 4. The van der Waals surface area contributed by atoms with E-state index >= 15 is 0 Å². The summed E-state index contributed by atoms with van der Waals surface area (Å²) in [7, 11) is 1.62. The molecule has 0 radical (unpaired) electrons. The number of hydrogen-bond donors (Lipinski definition) is 2. The Bertz CT molecular complexity index is 1150.